The average molecular weight is 785 g/mol. The number of anilines is 1. The molecule has 5 aromatic rings. The van der Waals surface area contributed by atoms with Crippen molar-refractivity contribution in [1.82, 2.24) is 24.5 Å². The maximum Gasteiger partial charge on any atom is 0.293 e. The topological polar surface area (TPSA) is 132 Å². The van der Waals surface area contributed by atoms with Crippen LogP contribution in [-0.2, 0) is 40.8 Å². The quantitative estimate of drug-likeness (QED) is 0.112. The number of ketones is 1. The Balaban J connectivity index is 1.37. The molecule has 3 atom stereocenters. The molecule has 3 aromatic heterocycles. The number of sulfonamides is 1. The summed E-state index contributed by atoms with van der Waals surface area (Å²) in [7, 11) is -2.16. The highest BCUT2D eigenvalue weighted by atomic mass is 32.2. The van der Waals surface area contributed by atoms with Crippen molar-refractivity contribution in [2.75, 3.05) is 11.0 Å². The van der Waals surface area contributed by atoms with E-state index in [2.05, 4.69) is 26.8 Å². The van der Waals surface area contributed by atoms with E-state index in [9.17, 15) is 35.9 Å². The summed E-state index contributed by atoms with van der Waals surface area (Å²) in [5.41, 5.74) is -1.39. The lowest BCUT2D eigenvalue weighted by atomic mass is 9.86. The molecule has 17 heteroatoms. The van der Waals surface area contributed by atoms with Crippen molar-refractivity contribution in [2.45, 2.75) is 69.4 Å². The molecule has 0 amide bonds. The van der Waals surface area contributed by atoms with Gasteiger partial charge in [-0.1, -0.05) is 18.1 Å². The maximum absolute atomic E-state index is 15.4. The highest BCUT2D eigenvalue weighted by Gasteiger charge is 2.67. The van der Waals surface area contributed by atoms with Gasteiger partial charge in [0.2, 0.25) is 10.0 Å². The minimum absolute atomic E-state index is 0.0374. The first-order chi connectivity index (χ1) is 25.7. The van der Waals surface area contributed by atoms with Gasteiger partial charge < -0.3 is 5.11 Å². The van der Waals surface area contributed by atoms with Crippen LogP contribution in [0.15, 0.2) is 48.5 Å². The van der Waals surface area contributed by atoms with Gasteiger partial charge in [0, 0.05) is 53.4 Å². The largest absolute Gasteiger partial charge is 0.378 e. The van der Waals surface area contributed by atoms with Gasteiger partial charge in [-0.2, -0.15) is 19.0 Å². The summed E-state index contributed by atoms with van der Waals surface area (Å²) in [5.74, 6) is -3.40. The SMILES string of the molecule is Cn1nc(NS(C)(=O)=O)c2cccc(-c3ccc(C#CC(C)(C)O)nc3[C@@H](CC(=O)Cn3nc(C(F)F)c4c3C(F)(F)[C@@H]3C[C@H]43)Cc3cc(F)cc(F)c3)c21. The van der Waals surface area contributed by atoms with Gasteiger partial charge in [-0.05, 0) is 74.4 Å². The molecule has 0 bridgehead atoms. The summed E-state index contributed by atoms with van der Waals surface area (Å²) in [6, 6.07) is 11.0. The Morgan fingerprint density at radius 2 is 1.78 bits per heavy atom. The van der Waals surface area contributed by atoms with E-state index in [-0.39, 0.29) is 41.2 Å². The second-order valence-corrected chi connectivity index (χ2v) is 16.3. The molecule has 2 aromatic carbocycles. The van der Waals surface area contributed by atoms with E-state index in [1.165, 1.54) is 18.5 Å². The predicted octanol–water partition coefficient (Wildman–Crippen LogP) is 6.74. The Labute approximate surface area is 311 Å². The minimum Gasteiger partial charge on any atom is -0.378 e. The number of alkyl halides is 4. The number of halogens is 6. The van der Waals surface area contributed by atoms with Crippen LogP contribution in [0.25, 0.3) is 22.0 Å². The molecule has 2 N–H and O–H groups in total. The van der Waals surface area contributed by atoms with Gasteiger partial charge in [-0.25, -0.2) is 31.0 Å². The average Bonchev–Trinajstić information content (AvgIpc) is 3.62. The first-order valence-corrected chi connectivity index (χ1v) is 19.0. The molecule has 2 aliphatic carbocycles. The number of nitrogens with zero attached hydrogens (tertiary/aromatic N) is 5. The summed E-state index contributed by atoms with van der Waals surface area (Å²) in [5, 5.41) is 18.8. The molecule has 0 unspecified atom stereocenters. The van der Waals surface area contributed by atoms with Crippen molar-refractivity contribution in [3.8, 4) is 23.0 Å². The summed E-state index contributed by atoms with van der Waals surface area (Å²) < 4.78 is 117. The van der Waals surface area contributed by atoms with Crippen LogP contribution >= 0.6 is 0 Å². The Hall–Kier alpha value is -5.21. The van der Waals surface area contributed by atoms with Crippen molar-refractivity contribution in [1.29, 1.82) is 0 Å². The molecule has 2 aliphatic rings. The standard InChI is InChI=1S/C38H34F6N6O4S/c1-37(2,52)11-10-23-8-9-25(26-6-5-7-27-33(26)49(3)47-36(27)48-55(4,53)54)31(45-23)20(12-19-13-21(39)16-22(40)14-19)15-24(51)18-50-34-30(32(46-50)35(41)42)28-17-29(28)38(34,43)44/h5-9,13-14,16,20,28-29,35,52H,12,15,17-18H2,1-4H3,(H,47,48)/t20-,28+,29-/m1/s1. The van der Waals surface area contributed by atoms with E-state index < -0.39 is 87.5 Å². The van der Waals surface area contributed by atoms with Crippen molar-refractivity contribution in [3.05, 3.63) is 94.1 Å². The third-order valence-electron chi connectivity index (χ3n) is 9.62. The third-order valence-corrected chi connectivity index (χ3v) is 10.2. The smallest absolute Gasteiger partial charge is 0.293 e. The molecule has 1 saturated carbocycles. The predicted molar refractivity (Wildman–Crippen MR) is 190 cm³/mol. The number of rotatable bonds is 11. The molecule has 3 heterocycles. The molecular weight excluding hydrogens is 751 g/mol. The number of aromatic nitrogens is 5. The van der Waals surface area contributed by atoms with E-state index in [0.29, 0.717) is 32.8 Å². The van der Waals surface area contributed by atoms with E-state index in [1.807, 2.05) is 0 Å². The second kappa shape index (κ2) is 13.5. The molecule has 1 fully saturated rings. The van der Waals surface area contributed by atoms with Crippen LogP contribution in [-0.4, -0.2) is 55.7 Å². The van der Waals surface area contributed by atoms with Gasteiger partial charge in [0.1, 0.15) is 40.9 Å². The molecule has 0 spiro atoms. The number of pyridine rings is 1. The van der Waals surface area contributed by atoms with Crippen molar-refractivity contribution in [3.63, 3.8) is 0 Å². The van der Waals surface area contributed by atoms with Crippen LogP contribution in [0.4, 0.5) is 32.2 Å². The lowest BCUT2D eigenvalue weighted by Crippen LogP contribution is -2.24. The summed E-state index contributed by atoms with van der Waals surface area (Å²) >= 11 is 0. The van der Waals surface area contributed by atoms with Crippen LogP contribution in [0.3, 0.4) is 0 Å². The monoisotopic (exact) mass is 784 g/mol. The lowest BCUT2D eigenvalue weighted by Gasteiger charge is -2.21. The van der Waals surface area contributed by atoms with E-state index >= 15 is 8.78 Å². The number of hydrogen-bond donors (Lipinski definition) is 2. The summed E-state index contributed by atoms with van der Waals surface area (Å²) in [6.45, 7) is 2.13. The van der Waals surface area contributed by atoms with Crippen molar-refractivity contribution in [2.24, 2.45) is 13.0 Å². The summed E-state index contributed by atoms with van der Waals surface area (Å²) in [6.07, 6.45) is -2.80. The number of nitrogens with one attached hydrogen (secondary N) is 1. The molecule has 0 saturated heterocycles. The van der Waals surface area contributed by atoms with Crippen molar-refractivity contribution >= 4 is 32.5 Å². The molecule has 10 nitrogen and oxygen atoms in total. The molecule has 7 rings (SSSR count). The number of Topliss-reactive ketones (excluding diaryl/α,β-unsaturated/α-hetero) is 1. The number of para-hydroxylation sites is 1. The van der Waals surface area contributed by atoms with Gasteiger partial charge in [0.15, 0.2) is 11.6 Å². The highest BCUT2D eigenvalue weighted by Crippen LogP contribution is 2.68. The highest BCUT2D eigenvalue weighted by molar-refractivity contribution is 7.92. The number of hydrogen-bond acceptors (Lipinski definition) is 7. The van der Waals surface area contributed by atoms with Crippen LogP contribution < -0.4 is 4.72 Å². The van der Waals surface area contributed by atoms with Gasteiger partial charge in [-0.15, -0.1) is 0 Å². The fourth-order valence-electron chi connectivity index (χ4n) is 7.47. The molecule has 288 valence electrons. The molecule has 0 aliphatic heterocycles. The molecule has 0 radical (unpaired) electrons. The minimum atomic E-state index is -3.74. The number of carbonyl (C=O) groups is 1. The van der Waals surface area contributed by atoms with Crippen LogP contribution in [0.1, 0.15) is 78.9 Å². The van der Waals surface area contributed by atoms with Gasteiger partial charge in [0.25, 0.3) is 12.3 Å². The van der Waals surface area contributed by atoms with Gasteiger partial charge in [0.05, 0.1) is 17.5 Å². The van der Waals surface area contributed by atoms with Crippen LogP contribution in [0.5, 0.6) is 0 Å². The number of aryl methyl sites for hydroxylation is 1. The van der Waals surface area contributed by atoms with E-state index in [1.54, 1.807) is 37.4 Å². The van der Waals surface area contributed by atoms with Crippen LogP contribution in [0.2, 0.25) is 0 Å². The fraction of sp³-hybridized carbons (Fsp3) is 0.368. The third kappa shape index (κ3) is 7.57. The van der Waals surface area contributed by atoms with E-state index in [4.69, 9.17) is 4.98 Å². The Morgan fingerprint density at radius 3 is 2.44 bits per heavy atom. The number of benzene rings is 2. The number of fused-ring (bicyclic) bond motifs is 4. The fourth-order valence-corrected chi connectivity index (χ4v) is 7.97. The summed E-state index contributed by atoms with van der Waals surface area (Å²) in [4.78, 5) is 18.8. The maximum atomic E-state index is 15.4. The molecular formula is C38H34F6N6O4S. The Bertz CT molecular complexity index is 2530. The van der Waals surface area contributed by atoms with Gasteiger partial charge >= 0.3 is 0 Å². The Morgan fingerprint density at radius 1 is 1.07 bits per heavy atom. The van der Waals surface area contributed by atoms with Gasteiger partial charge in [-0.3, -0.25) is 18.9 Å². The second-order valence-electron chi connectivity index (χ2n) is 14.6. The Kier molecular flexibility index (Phi) is 9.36. The zero-order valence-electron chi connectivity index (χ0n) is 29.8. The first kappa shape index (κ1) is 38.1. The van der Waals surface area contributed by atoms with Crippen LogP contribution in [0, 0.1) is 29.4 Å². The van der Waals surface area contributed by atoms with E-state index in [0.717, 1.165) is 18.4 Å². The normalized spacial score (nSPS) is 17.8. The number of carbonyl (C=O) groups excluding carboxylic acids is 1. The number of aliphatic hydroxyl groups is 1. The lowest BCUT2D eigenvalue weighted by molar-refractivity contribution is -0.120. The first-order valence-electron chi connectivity index (χ1n) is 17.1. The zero-order chi connectivity index (χ0) is 39.8. The zero-order valence-corrected chi connectivity index (χ0v) is 30.7. The van der Waals surface area contributed by atoms with Crippen molar-refractivity contribution < 1.29 is 44.7 Å². The molecule has 55 heavy (non-hydrogen) atoms.